The summed E-state index contributed by atoms with van der Waals surface area (Å²) in [6.45, 7) is 2.40. The molecule has 1 rings (SSSR count). The lowest BCUT2D eigenvalue weighted by Crippen LogP contribution is -2.29. The Balaban J connectivity index is 2.92. The van der Waals surface area contributed by atoms with Gasteiger partial charge in [0.2, 0.25) is 0 Å². The van der Waals surface area contributed by atoms with Gasteiger partial charge in [-0.25, -0.2) is 8.78 Å². The first-order chi connectivity index (χ1) is 7.97. The average Bonchev–Trinajstić information content (AvgIpc) is 2.29. The molecule has 0 heterocycles. The van der Waals surface area contributed by atoms with Gasteiger partial charge in [-0.05, 0) is 31.5 Å². The van der Waals surface area contributed by atoms with E-state index in [4.69, 9.17) is 5.73 Å². The van der Waals surface area contributed by atoms with Gasteiger partial charge in [-0.15, -0.1) is 0 Å². The minimum absolute atomic E-state index is 0.108. The summed E-state index contributed by atoms with van der Waals surface area (Å²) < 4.78 is 26.5. The summed E-state index contributed by atoms with van der Waals surface area (Å²) in [4.78, 5) is 13.2. The highest BCUT2D eigenvalue weighted by atomic mass is 19.1. The van der Waals surface area contributed by atoms with Crippen LogP contribution < -0.4 is 5.73 Å². The zero-order valence-electron chi connectivity index (χ0n) is 9.96. The molecule has 0 aromatic heterocycles. The number of carbonyl (C=O) groups is 1. The average molecular weight is 242 g/mol. The number of hydrogen-bond donors (Lipinski definition) is 1. The first-order valence-corrected chi connectivity index (χ1v) is 5.38. The van der Waals surface area contributed by atoms with Gasteiger partial charge in [-0.2, -0.15) is 0 Å². The summed E-state index contributed by atoms with van der Waals surface area (Å²) in [6, 6.07) is 1.96. The highest BCUT2D eigenvalue weighted by Crippen LogP contribution is 2.15. The number of nitrogens with two attached hydrogens (primary N) is 1. The molecule has 0 atom stereocenters. The summed E-state index contributed by atoms with van der Waals surface area (Å²) in [7, 11) is 1.57. The van der Waals surface area contributed by atoms with Gasteiger partial charge in [0.05, 0.1) is 5.56 Å². The van der Waals surface area contributed by atoms with E-state index >= 15 is 0 Å². The molecule has 0 fully saturated rings. The first-order valence-electron chi connectivity index (χ1n) is 5.38. The van der Waals surface area contributed by atoms with Crippen LogP contribution in [0.3, 0.4) is 0 Å². The second kappa shape index (κ2) is 5.72. The Kier molecular flexibility index (Phi) is 4.57. The van der Waals surface area contributed by atoms with Crippen molar-refractivity contribution < 1.29 is 13.6 Å². The second-order valence-electron chi connectivity index (χ2n) is 3.95. The summed E-state index contributed by atoms with van der Waals surface area (Å²) in [5.41, 5.74) is 5.47. The lowest BCUT2D eigenvalue weighted by Gasteiger charge is -2.17. The van der Waals surface area contributed by atoms with Crippen molar-refractivity contribution in [1.82, 2.24) is 4.90 Å². The molecule has 0 aliphatic carbocycles. The molecule has 5 heteroatoms. The van der Waals surface area contributed by atoms with E-state index in [-0.39, 0.29) is 11.1 Å². The van der Waals surface area contributed by atoms with Gasteiger partial charge >= 0.3 is 0 Å². The van der Waals surface area contributed by atoms with Crippen LogP contribution in [0.4, 0.5) is 8.78 Å². The maximum absolute atomic E-state index is 13.5. The second-order valence-corrected chi connectivity index (χ2v) is 3.95. The van der Waals surface area contributed by atoms with Crippen molar-refractivity contribution >= 4 is 5.91 Å². The minimum Gasteiger partial charge on any atom is -0.342 e. The van der Waals surface area contributed by atoms with Crippen LogP contribution in [0, 0.1) is 18.6 Å². The first kappa shape index (κ1) is 13.6. The number of aryl methyl sites for hydroxylation is 1. The largest absolute Gasteiger partial charge is 0.342 e. The SMILES string of the molecule is Cc1cc(C(=O)N(C)CCCN)c(F)cc1F. The third kappa shape index (κ3) is 3.23. The van der Waals surface area contributed by atoms with Crippen molar-refractivity contribution in [2.45, 2.75) is 13.3 Å². The third-order valence-corrected chi connectivity index (χ3v) is 2.52. The number of hydrogen-bond acceptors (Lipinski definition) is 2. The van der Waals surface area contributed by atoms with Gasteiger partial charge < -0.3 is 10.6 Å². The molecule has 2 N–H and O–H groups in total. The van der Waals surface area contributed by atoms with Crippen molar-refractivity contribution in [2.75, 3.05) is 20.1 Å². The van der Waals surface area contributed by atoms with Crippen molar-refractivity contribution in [3.05, 3.63) is 34.9 Å². The van der Waals surface area contributed by atoms with E-state index in [9.17, 15) is 13.6 Å². The van der Waals surface area contributed by atoms with E-state index in [1.54, 1.807) is 7.05 Å². The Labute approximate surface area is 99.2 Å². The van der Waals surface area contributed by atoms with E-state index in [1.807, 2.05) is 0 Å². The van der Waals surface area contributed by atoms with Crippen molar-refractivity contribution in [3.8, 4) is 0 Å². The number of amides is 1. The van der Waals surface area contributed by atoms with E-state index in [1.165, 1.54) is 17.9 Å². The lowest BCUT2D eigenvalue weighted by atomic mass is 10.1. The highest BCUT2D eigenvalue weighted by molar-refractivity contribution is 5.94. The number of carbonyl (C=O) groups excluding carboxylic acids is 1. The summed E-state index contributed by atoms with van der Waals surface area (Å²) >= 11 is 0. The monoisotopic (exact) mass is 242 g/mol. The van der Waals surface area contributed by atoms with Gasteiger partial charge in [-0.1, -0.05) is 0 Å². The Morgan fingerprint density at radius 2 is 2.00 bits per heavy atom. The molecule has 17 heavy (non-hydrogen) atoms. The third-order valence-electron chi connectivity index (χ3n) is 2.52. The van der Waals surface area contributed by atoms with Crippen LogP contribution in [0.15, 0.2) is 12.1 Å². The standard InChI is InChI=1S/C12H16F2N2O/c1-8-6-9(11(14)7-10(8)13)12(17)16(2)5-3-4-15/h6-7H,3-5,15H2,1-2H3. The molecular formula is C12H16F2N2O. The van der Waals surface area contributed by atoms with Crippen LogP contribution in [0.5, 0.6) is 0 Å². The van der Waals surface area contributed by atoms with Gasteiger partial charge in [0.25, 0.3) is 5.91 Å². The topological polar surface area (TPSA) is 46.3 Å². The fraction of sp³-hybridized carbons (Fsp3) is 0.417. The highest BCUT2D eigenvalue weighted by Gasteiger charge is 2.17. The molecule has 0 saturated heterocycles. The molecule has 0 unspecified atom stereocenters. The number of nitrogens with zero attached hydrogens (tertiary/aromatic N) is 1. The number of rotatable bonds is 4. The van der Waals surface area contributed by atoms with E-state index in [0.29, 0.717) is 19.5 Å². The van der Waals surface area contributed by atoms with Crippen LogP contribution in [-0.2, 0) is 0 Å². The summed E-state index contributed by atoms with van der Waals surface area (Å²) in [5, 5.41) is 0. The smallest absolute Gasteiger partial charge is 0.256 e. The maximum atomic E-state index is 13.5. The normalized spacial score (nSPS) is 10.4. The number of benzene rings is 1. The molecule has 0 spiro atoms. The van der Waals surface area contributed by atoms with Crippen LogP contribution in [0.1, 0.15) is 22.3 Å². The Bertz CT molecular complexity index is 421. The molecule has 0 bridgehead atoms. The van der Waals surface area contributed by atoms with Gasteiger partial charge in [0, 0.05) is 19.7 Å². The zero-order valence-corrected chi connectivity index (χ0v) is 9.96. The van der Waals surface area contributed by atoms with Crippen LogP contribution in [0.25, 0.3) is 0 Å². The Hall–Kier alpha value is -1.49. The predicted octanol–water partition coefficient (Wildman–Crippen LogP) is 1.69. The Morgan fingerprint density at radius 1 is 1.35 bits per heavy atom. The molecule has 3 nitrogen and oxygen atoms in total. The van der Waals surface area contributed by atoms with E-state index in [2.05, 4.69) is 0 Å². The molecule has 0 saturated carbocycles. The lowest BCUT2D eigenvalue weighted by molar-refractivity contribution is 0.0789. The summed E-state index contributed by atoms with van der Waals surface area (Å²) in [6.07, 6.45) is 0.643. The van der Waals surface area contributed by atoms with Gasteiger partial charge in [0.1, 0.15) is 11.6 Å². The zero-order chi connectivity index (χ0) is 13.0. The molecular weight excluding hydrogens is 226 g/mol. The predicted molar refractivity (Wildman–Crippen MR) is 61.7 cm³/mol. The maximum Gasteiger partial charge on any atom is 0.256 e. The fourth-order valence-electron chi connectivity index (χ4n) is 1.46. The van der Waals surface area contributed by atoms with Crippen LogP contribution in [-0.4, -0.2) is 30.9 Å². The molecule has 0 aliphatic rings. The summed E-state index contributed by atoms with van der Waals surface area (Å²) in [5.74, 6) is -1.94. The quantitative estimate of drug-likeness (QED) is 0.873. The van der Waals surface area contributed by atoms with Crippen LogP contribution in [0.2, 0.25) is 0 Å². The van der Waals surface area contributed by atoms with E-state index in [0.717, 1.165) is 6.07 Å². The molecule has 94 valence electrons. The number of halogens is 2. The van der Waals surface area contributed by atoms with Crippen LogP contribution >= 0.6 is 0 Å². The fourth-order valence-corrected chi connectivity index (χ4v) is 1.46. The van der Waals surface area contributed by atoms with Gasteiger partial charge in [-0.3, -0.25) is 4.79 Å². The Morgan fingerprint density at radius 3 is 2.59 bits per heavy atom. The molecule has 0 radical (unpaired) electrons. The van der Waals surface area contributed by atoms with Crippen molar-refractivity contribution in [2.24, 2.45) is 5.73 Å². The van der Waals surface area contributed by atoms with Gasteiger partial charge in [0.15, 0.2) is 0 Å². The molecule has 0 aliphatic heterocycles. The minimum atomic E-state index is -0.835. The van der Waals surface area contributed by atoms with Crippen molar-refractivity contribution in [1.29, 1.82) is 0 Å². The molecule has 1 amide bonds. The van der Waals surface area contributed by atoms with Crippen molar-refractivity contribution in [3.63, 3.8) is 0 Å². The molecule has 1 aromatic carbocycles. The van der Waals surface area contributed by atoms with E-state index < -0.39 is 17.5 Å². The molecule has 1 aromatic rings.